The maximum atomic E-state index is 13.2. The standard InChI is InChI=1S/C18H20FN3O/c1-2-3-4-15-17(13-9-10-20-16(23)11-13)18(22-21-15)12-5-7-14(19)8-6-12/h5-11,15,17,21H,2-4H2,1H3,(H,20,23). The van der Waals surface area contributed by atoms with Gasteiger partial charge >= 0.3 is 0 Å². The summed E-state index contributed by atoms with van der Waals surface area (Å²) < 4.78 is 13.2. The summed E-state index contributed by atoms with van der Waals surface area (Å²) in [4.78, 5) is 14.3. The summed E-state index contributed by atoms with van der Waals surface area (Å²) in [6.07, 6.45) is 4.83. The van der Waals surface area contributed by atoms with Crippen molar-refractivity contribution in [2.45, 2.75) is 38.1 Å². The zero-order valence-corrected chi connectivity index (χ0v) is 13.1. The van der Waals surface area contributed by atoms with E-state index in [0.717, 1.165) is 36.1 Å². The molecule has 0 fully saturated rings. The van der Waals surface area contributed by atoms with Gasteiger partial charge in [0.25, 0.3) is 0 Å². The summed E-state index contributed by atoms with van der Waals surface area (Å²) in [6, 6.07) is 10.0. The summed E-state index contributed by atoms with van der Waals surface area (Å²) >= 11 is 0. The molecule has 1 aliphatic heterocycles. The van der Waals surface area contributed by atoms with Crippen molar-refractivity contribution >= 4 is 5.71 Å². The number of hydrazone groups is 1. The molecule has 0 saturated heterocycles. The van der Waals surface area contributed by atoms with E-state index >= 15 is 0 Å². The number of nitrogens with one attached hydrogen (secondary N) is 2. The number of aromatic nitrogens is 1. The van der Waals surface area contributed by atoms with Crippen molar-refractivity contribution in [2.75, 3.05) is 0 Å². The monoisotopic (exact) mass is 313 g/mol. The fourth-order valence-corrected chi connectivity index (χ4v) is 3.05. The van der Waals surface area contributed by atoms with Crippen molar-refractivity contribution in [3.63, 3.8) is 0 Å². The fraction of sp³-hybridized carbons (Fsp3) is 0.333. The molecule has 2 aromatic rings. The SMILES string of the molecule is CCCCC1NN=C(c2ccc(F)cc2)C1c1cc[nH]c(=O)c1. The Morgan fingerprint density at radius 1 is 1.22 bits per heavy atom. The highest BCUT2D eigenvalue weighted by Gasteiger charge is 2.33. The smallest absolute Gasteiger partial charge is 0.248 e. The molecule has 0 radical (unpaired) electrons. The number of H-pyrrole nitrogens is 1. The zero-order valence-electron chi connectivity index (χ0n) is 13.1. The normalized spacial score (nSPS) is 20.2. The van der Waals surface area contributed by atoms with Crippen LogP contribution in [0, 0.1) is 5.82 Å². The molecule has 0 bridgehead atoms. The number of benzene rings is 1. The first-order valence-corrected chi connectivity index (χ1v) is 7.96. The van der Waals surface area contributed by atoms with Crippen LogP contribution in [0.3, 0.4) is 0 Å². The highest BCUT2D eigenvalue weighted by molar-refractivity contribution is 6.06. The average Bonchev–Trinajstić information content (AvgIpc) is 2.97. The molecule has 3 rings (SSSR count). The van der Waals surface area contributed by atoms with Crippen molar-refractivity contribution in [3.8, 4) is 0 Å². The van der Waals surface area contributed by atoms with Gasteiger partial charge in [0.2, 0.25) is 5.56 Å². The Labute approximate surface area is 134 Å². The lowest BCUT2D eigenvalue weighted by atomic mass is 9.84. The number of hydrogen-bond donors (Lipinski definition) is 2. The maximum Gasteiger partial charge on any atom is 0.248 e. The van der Waals surface area contributed by atoms with Crippen molar-refractivity contribution in [1.82, 2.24) is 10.4 Å². The third-order valence-electron chi connectivity index (χ3n) is 4.21. The summed E-state index contributed by atoms with van der Waals surface area (Å²) in [5.74, 6) is -0.273. The second-order valence-corrected chi connectivity index (χ2v) is 5.85. The minimum absolute atomic E-state index is 0.00527. The number of aromatic amines is 1. The number of unbranched alkanes of at least 4 members (excludes halogenated alkanes) is 1. The van der Waals surface area contributed by atoms with Gasteiger partial charge in [0, 0.05) is 12.3 Å². The molecule has 1 aliphatic rings. The number of rotatable bonds is 5. The largest absolute Gasteiger partial charge is 0.329 e. The van der Waals surface area contributed by atoms with E-state index in [2.05, 4.69) is 22.4 Å². The van der Waals surface area contributed by atoms with Gasteiger partial charge in [-0.3, -0.25) is 4.79 Å². The molecule has 4 nitrogen and oxygen atoms in total. The predicted molar refractivity (Wildman–Crippen MR) is 89.2 cm³/mol. The molecule has 0 aliphatic carbocycles. The van der Waals surface area contributed by atoms with Crippen LogP contribution >= 0.6 is 0 Å². The zero-order chi connectivity index (χ0) is 16.2. The van der Waals surface area contributed by atoms with Crippen LogP contribution in [0.15, 0.2) is 52.5 Å². The van der Waals surface area contributed by atoms with Gasteiger partial charge in [-0.2, -0.15) is 5.10 Å². The first-order valence-electron chi connectivity index (χ1n) is 7.96. The molecule has 2 heterocycles. The first kappa shape index (κ1) is 15.5. The Hall–Kier alpha value is -2.43. The summed E-state index contributed by atoms with van der Waals surface area (Å²) in [6.45, 7) is 2.15. The van der Waals surface area contributed by atoms with Gasteiger partial charge < -0.3 is 10.4 Å². The topological polar surface area (TPSA) is 57.2 Å². The Bertz CT molecular complexity index is 751. The molecule has 1 aromatic carbocycles. The summed E-state index contributed by atoms with van der Waals surface area (Å²) in [7, 11) is 0. The Morgan fingerprint density at radius 2 is 2.00 bits per heavy atom. The van der Waals surface area contributed by atoms with Crippen LogP contribution in [0.4, 0.5) is 4.39 Å². The molecular weight excluding hydrogens is 293 g/mol. The molecule has 0 spiro atoms. The van der Waals surface area contributed by atoms with Gasteiger partial charge in [0.15, 0.2) is 0 Å². The lowest BCUT2D eigenvalue weighted by Crippen LogP contribution is -2.29. The minimum atomic E-state index is -0.268. The molecule has 5 heteroatoms. The van der Waals surface area contributed by atoms with E-state index in [4.69, 9.17) is 0 Å². The second-order valence-electron chi connectivity index (χ2n) is 5.85. The highest BCUT2D eigenvalue weighted by Crippen LogP contribution is 2.31. The number of hydrogen-bond acceptors (Lipinski definition) is 3. The molecule has 120 valence electrons. The minimum Gasteiger partial charge on any atom is -0.329 e. The Morgan fingerprint density at radius 3 is 2.70 bits per heavy atom. The van der Waals surface area contributed by atoms with E-state index in [1.165, 1.54) is 12.1 Å². The first-order chi connectivity index (χ1) is 11.2. The molecular formula is C18H20FN3O. The van der Waals surface area contributed by atoms with Crippen LogP contribution < -0.4 is 11.0 Å². The van der Waals surface area contributed by atoms with E-state index < -0.39 is 0 Å². The molecule has 2 N–H and O–H groups in total. The van der Waals surface area contributed by atoms with Crippen LogP contribution in [-0.4, -0.2) is 16.7 Å². The lowest BCUT2D eigenvalue weighted by molar-refractivity contribution is 0.486. The van der Waals surface area contributed by atoms with Gasteiger partial charge in [-0.05, 0) is 35.7 Å². The van der Waals surface area contributed by atoms with Crippen LogP contribution in [0.5, 0.6) is 0 Å². The lowest BCUT2D eigenvalue weighted by Gasteiger charge is -2.21. The van der Waals surface area contributed by atoms with Gasteiger partial charge in [-0.1, -0.05) is 31.9 Å². The third kappa shape index (κ3) is 3.33. The van der Waals surface area contributed by atoms with Crippen molar-refractivity contribution in [2.24, 2.45) is 5.10 Å². The van der Waals surface area contributed by atoms with Gasteiger partial charge in [-0.25, -0.2) is 4.39 Å². The molecule has 0 amide bonds. The number of nitrogens with zero attached hydrogens (tertiary/aromatic N) is 1. The van der Waals surface area contributed by atoms with Crippen LogP contribution in [-0.2, 0) is 0 Å². The maximum absolute atomic E-state index is 13.2. The van der Waals surface area contributed by atoms with Crippen LogP contribution in [0.2, 0.25) is 0 Å². The van der Waals surface area contributed by atoms with Crippen molar-refractivity contribution in [1.29, 1.82) is 0 Å². The molecule has 0 saturated carbocycles. The van der Waals surface area contributed by atoms with E-state index in [0.29, 0.717) is 0 Å². The molecule has 23 heavy (non-hydrogen) atoms. The van der Waals surface area contributed by atoms with Gasteiger partial charge in [-0.15, -0.1) is 0 Å². The molecule has 1 aromatic heterocycles. The Kier molecular flexibility index (Phi) is 4.55. The average molecular weight is 313 g/mol. The fourth-order valence-electron chi connectivity index (χ4n) is 3.05. The number of halogens is 1. The predicted octanol–water partition coefficient (Wildman–Crippen LogP) is 3.16. The second kappa shape index (κ2) is 6.77. The van der Waals surface area contributed by atoms with Crippen LogP contribution in [0.25, 0.3) is 0 Å². The third-order valence-corrected chi connectivity index (χ3v) is 4.21. The van der Waals surface area contributed by atoms with Crippen molar-refractivity contribution < 1.29 is 4.39 Å². The Balaban J connectivity index is 1.97. The van der Waals surface area contributed by atoms with E-state index in [1.54, 1.807) is 24.4 Å². The van der Waals surface area contributed by atoms with E-state index in [1.807, 2.05) is 6.07 Å². The molecule has 2 unspecified atom stereocenters. The van der Waals surface area contributed by atoms with E-state index in [9.17, 15) is 9.18 Å². The van der Waals surface area contributed by atoms with Crippen molar-refractivity contribution in [3.05, 3.63) is 69.9 Å². The van der Waals surface area contributed by atoms with Gasteiger partial charge in [0.05, 0.1) is 17.7 Å². The van der Waals surface area contributed by atoms with Gasteiger partial charge in [0.1, 0.15) is 5.82 Å². The summed E-state index contributed by atoms with van der Waals surface area (Å²) in [5.41, 5.74) is 5.75. The summed E-state index contributed by atoms with van der Waals surface area (Å²) in [5, 5.41) is 4.49. The quantitative estimate of drug-likeness (QED) is 0.891. The highest BCUT2D eigenvalue weighted by atomic mass is 19.1. The number of pyridine rings is 1. The van der Waals surface area contributed by atoms with E-state index in [-0.39, 0.29) is 23.3 Å². The molecule has 2 atom stereocenters. The van der Waals surface area contributed by atoms with Crippen LogP contribution in [0.1, 0.15) is 43.2 Å².